The molecule has 0 radical (unpaired) electrons. The van der Waals surface area contributed by atoms with E-state index in [2.05, 4.69) is 91.0 Å². The van der Waals surface area contributed by atoms with Gasteiger partial charge in [0.2, 0.25) is 0 Å². The first kappa shape index (κ1) is 23.0. The zero-order chi connectivity index (χ0) is 27.6. The summed E-state index contributed by atoms with van der Waals surface area (Å²) in [6, 6.07) is 42.3. The molecule has 0 fully saturated rings. The van der Waals surface area contributed by atoms with Crippen LogP contribution >= 0.6 is 0 Å². The first-order valence-electron chi connectivity index (χ1n) is 14.1. The van der Waals surface area contributed by atoms with Gasteiger partial charge in [0, 0.05) is 21.9 Å². The van der Waals surface area contributed by atoms with E-state index in [1.165, 1.54) is 32.3 Å². The third-order valence-corrected chi connectivity index (χ3v) is 8.32. The van der Waals surface area contributed by atoms with Gasteiger partial charge in [0.1, 0.15) is 11.0 Å². The minimum Gasteiger partial charge on any atom is -0.252 e. The maximum atomic E-state index is 5.24. The molecule has 0 spiro atoms. The van der Waals surface area contributed by atoms with Crippen LogP contribution in [-0.2, 0) is 0 Å². The van der Waals surface area contributed by atoms with E-state index < -0.39 is 0 Å². The van der Waals surface area contributed by atoms with Crippen molar-refractivity contribution in [3.63, 3.8) is 0 Å². The summed E-state index contributed by atoms with van der Waals surface area (Å²) >= 11 is 0. The average molecular weight is 535 g/mol. The Morgan fingerprint density at radius 3 is 1.29 bits per heavy atom. The van der Waals surface area contributed by atoms with E-state index in [0.29, 0.717) is 0 Å². The second-order valence-corrected chi connectivity index (χ2v) is 10.7. The quantitative estimate of drug-likeness (QED) is 0.207. The summed E-state index contributed by atoms with van der Waals surface area (Å²) in [4.78, 5) is 20.3. The highest BCUT2D eigenvalue weighted by Gasteiger charge is 2.16. The minimum absolute atomic E-state index is 0.759. The topological polar surface area (TPSA) is 51.6 Å². The SMILES string of the molecule is c1ccc(-c2cnc3c4ccccc4c4ncc(-c5ccc6c7ccccc7c7ccccc7c6c5)nc4c3n2)cc1. The van der Waals surface area contributed by atoms with Gasteiger partial charge < -0.3 is 0 Å². The van der Waals surface area contributed by atoms with Gasteiger partial charge in [-0.15, -0.1) is 0 Å². The van der Waals surface area contributed by atoms with Gasteiger partial charge in [-0.1, -0.05) is 115 Å². The zero-order valence-corrected chi connectivity index (χ0v) is 22.5. The highest BCUT2D eigenvalue weighted by molar-refractivity contribution is 6.26. The largest absolute Gasteiger partial charge is 0.252 e. The van der Waals surface area contributed by atoms with E-state index in [0.717, 1.165) is 55.4 Å². The van der Waals surface area contributed by atoms with E-state index in [1.807, 2.05) is 42.7 Å². The highest BCUT2D eigenvalue weighted by atomic mass is 14.9. The van der Waals surface area contributed by atoms with Gasteiger partial charge in [-0.3, -0.25) is 9.97 Å². The van der Waals surface area contributed by atoms with Crippen molar-refractivity contribution in [2.45, 2.75) is 0 Å². The third kappa shape index (κ3) is 3.36. The number of nitrogens with zero attached hydrogens (tertiary/aromatic N) is 4. The molecule has 0 saturated carbocycles. The molecule has 0 amide bonds. The molecular formula is C38H22N4. The van der Waals surface area contributed by atoms with Crippen molar-refractivity contribution in [2.24, 2.45) is 0 Å². The van der Waals surface area contributed by atoms with E-state index >= 15 is 0 Å². The summed E-state index contributed by atoms with van der Waals surface area (Å²) in [5, 5.41) is 9.50. The van der Waals surface area contributed by atoms with Crippen LogP contribution in [0, 0.1) is 0 Å². The second kappa shape index (κ2) is 8.88. The predicted octanol–water partition coefficient (Wildman–Crippen LogP) is 9.52. The number of fused-ring (bicyclic) bond motifs is 12. The molecule has 0 aliphatic rings. The Hall–Kier alpha value is -5.74. The molecule has 2 heterocycles. The molecule has 7 aromatic carbocycles. The lowest BCUT2D eigenvalue weighted by molar-refractivity contribution is 1.27. The highest BCUT2D eigenvalue weighted by Crippen LogP contribution is 2.38. The van der Waals surface area contributed by atoms with Crippen LogP contribution in [0.5, 0.6) is 0 Å². The van der Waals surface area contributed by atoms with Gasteiger partial charge in [-0.2, -0.15) is 0 Å². The molecule has 42 heavy (non-hydrogen) atoms. The summed E-state index contributed by atoms with van der Waals surface area (Å²) in [7, 11) is 0. The Labute approximate surface area is 241 Å². The average Bonchev–Trinajstić information content (AvgIpc) is 3.08. The number of hydrogen-bond donors (Lipinski definition) is 0. The molecule has 0 N–H and O–H groups in total. The summed E-state index contributed by atoms with van der Waals surface area (Å²) < 4.78 is 0. The van der Waals surface area contributed by atoms with Crippen LogP contribution < -0.4 is 0 Å². The predicted molar refractivity (Wildman–Crippen MR) is 174 cm³/mol. The number of rotatable bonds is 2. The Balaban J connectivity index is 1.34. The monoisotopic (exact) mass is 534 g/mol. The maximum absolute atomic E-state index is 5.24. The Bertz CT molecular complexity index is 2480. The van der Waals surface area contributed by atoms with Gasteiger partial charge >= 0.3 is 0 Å². The molecule has 4 heteroatoms. The molecule has 4 nitrogen and oxygen atoms in total. The second-order valence-electron chi connectivity index (χ2n) is 10.7. The van der Waals surface area contributed by atoms with Crippen molar-refractivity contribution in [1.82, 2.24) is 19.9 Å². The van der Waals surface area contributed by atoms with Gasteiger partial charge in [-0.25, -0.2) is 9.97 Å². The van der Waals surface area contributed by atoms with Crippen molar-refractivity contribution in [3.05, 3.63) is 134 Å². The molecule has 0 bridgehead atoms. The van der Waals surface area contributed by atoms with Crippen LogP contribution in [0.2, 0.25) is 0 Å². The number of hydrogen-bond acceptors (Lipinski definition) is 4. The van der Waals surface area contributed by atoms with Crippen molar-refractivity contribution < 1.29 is 0 Å². The fourth-order valence-electron chi connectivity index (χ4n) is 6.35. The van der Waals surface area contributed by atoms with Crippen molar-refractivity contribution >= 4 is 65.2 Å². The van der Waals surface area contributed by atoms with Gasteiger partial charge in [0.05, 0.1) is 34.8 Å². The van der Waals surface area contributed by atoms with Crippen LogP contribution in [0.1, 0.15) is 0 Å². The maximum Gasteiger partial charge on any atom is 0.118 e. The molecular weight excluding hydrogens is 512 g/mol. The fourth-order valence-corrected chi connectivity index (χ4v) is 6.35. The van der Waals surface area contributed by atoms with Crippen LogP contribution in [0.25, 0.3) is 87.7 Å². The summed E-state index contributed by atoms with van der Waals surface area (Å²) in [5.74, 6) is 0. The molecule has 0 aliphatic heterocycles. The smallest absolute Gasteiger partial charge is 0.118 e. The van der Waals surface area contributed by atoms with Crippen molar-refractivity contribution in [2.75, 3.05) is 0 Å². The van der Waals surface area contributed by atoms with Crippen LogP contribution in [-0.4, -0.2) is 19.9 Å². The third-order valence-electron chi connectivity index (χ3n) is 8.32. The molecule has 0 aliphatic carbocycles. The fraction of sp³-hybridized carbons (Fsp3) is 0. The number of benzene rings is 7. The lowest BCUT2D eigenvalue weighted by atomic mass is 9.93. The molecule has 0 atom stereocenters. The molecule has 194 valence electrons. The van der Waals surface area contributed by atoms with E-state index in [1.54, 1.807) is 0 Å². The number of aromatic nitrogens is 4. The van der Waals surface area contributed by atoms with Gasteiger partial charge in [0.15, 0.2) is 0 Å². The first-order valence-corrected chi connectivity index (χ1v) is 14.1. The standard InChI is InChI=1S/C38H22N4/c1-2-10-23(11-3-1)33-21-39-35-30-16-8-9-17-31(30)36-38(37(35)41-33)42-34(22-40-36)24-18-19-29-27-14-5-4-12-25(27)26-13-6-7-15-28(26)32(29)20-24/h1-22H. The lowest BCUT2D eigenvalue weighted by Crippen LogP contribution is -1.96. The van der Waals surface area contributed by atoms with E-state index in [-0.39, 0.29) is 0 Å². The van der Waals surface area contributed by atoms with E-state index in [4.69, 9.17) is 19.9 Å². The normalized spacial score (nSPS) is 11.8. The Kier molecular flexibility index (Phi) is 4.87. The minimum atomic E-state index is 0.759. The van der Waals surface area contributed by atoms with E-state index in [9.17, 15) is 0 Å². The van der Waals surface area contributed by atoms with Crippen LogP contribution in [0.4, 0.5) is 0 Å². The van der Waals surface area contributed by atoms with Gasteiger partial charge in [-0.05, 0) is 38.4 Å². The van der Waals surface area contributed by atoms with Crippen LogP contribution in [0.15, 0.2) is 134 Å². The molecule has 9 rings (SSSR count). The van der Waals surface area contributed by atoms with Gasteiger partial charge in [0.25, 0.3) is 0 Å². The van der Waals surface area contributed by atoms with Crippen LogP contribution in [0.3, 0.4) is 0 Å². The summed E-state index contributed by atoms with van der Waals surface area (Å²) in [6.45, 7) is 0. The molecule has 0 saturated heterocycles. The zero-order valence-electron chi connectivity index (χ0n) is 22.5. The Morgan fingerprint density at radius 1 is 0.310 bits per heavy atom. The van der Waals surface area contributed by atoms with Crippen molar-refractivity contribution in [1.29, 1.82) is 0 Å². The Morgan fingerprint density at radius 2 is 0.738 bits per heavy atom. The van der Waals surface area contributed by atoms with Crippen molar-refractivity contribution in [3.8, 4) is 22.5 Å². The summed E-state index contributed by atoms with van der Waals surface area (Å²) in [6.07, 6.45) is 3.74. The molecule has 0 unspecified atom stereocenters. The molecule has 2 aromatic heterocycles. The lowest BCUT2D eigenvalue weighted by Gasteiger charge is -2.13. The molecule has 9 aromatic rings. The first-order chi connectivity index (χ1) is 20.8. The summed E-state index contributed by atoms with van der Waals surface area (Å²) in [5.41, 5.74) is 6.85.